The third-order valence-electron chi connectivity index (χ3n) is 3.66. The van der Waals surface area contributed by atoms with Gasteiger partial charge in [-0.3, -0.25) is 19.9 Å². The lowest BCUT2D eigenvalue weighted by Crippen LogP contribution is -2.11. The molecule has 3 rings (SSSR count). The van der Waals surface area contributed by atoms with Crippen molar-refractivity contribution in [1.82, 2.24) is 24.4 Å². The summed E-state index contributed by atoms with van der Waals surface area (Å²) in [6.07, 6.45) is 3.72. The summed E-state index contributed by atoms with van der Waals surface area (Å²) < 4.78 is 1.76. The zero-order valence-corrected chi connectivity index (χ0v) is 14.3. The van der Waals surface area contributed by atoms with Crippen LogP contribution in [0, 0.1) is 10.1 Å². The number of aryl methyl sites for hydroxylation is 2. The number of non-ortho nitro benzene ring substituents is 1. The number of aromatic nitrogens is 4. The molecule has 1 N–H and O–H groups in total. The maximum Gasteiger partial charge on any atom is 0.280 e. The number of benzene rings is 1. The van der Waals surface area contributed by atoms with E-state index in [0.29, 0.717) is 18.6 Å². The van der Waals surface area contributed by atoms with Gasteiger partial charge in [-0.25, -0.2) is 9.98 Å². The second kappa shape index (κ2) is 7.13. The average molecular weight is 355 g/mol. The maximum atomic E-state index is 12.1. The summed E-state index contributed by atoms with van der Waals surface area (Å²) in [6, 6.07) is 6.37. The number of hydrogen-bond donors (Lipinski definition) is 1. The topological polar surface area (TPSA) is 122 Å². The fourth-order valence-electron chi connectivity index (χ4n) is 2.37. The van der Waals surface area contributed by atoms with Crippen molar-refractivity contribution < 1.29 is 4.92 Å². The van der Waals surface area contributed by atoms with Gasteiger partial charge in [0.05, 0.1) is 17.6 Å². The Hall–Kier alpha value is -3.56. The van der Waals surface area contributed by atoms with E-state index in [9.17, 15) is 14.9 Å². The van der Waals surface area contributed by atoms with Gasteiger partial charge in [0, 0.05) is 32.8 Å². The minimum absolute atomic E-state index is 0.0541. The zero-order valence-electron chi connectivity index (χ0n) is 14.3. The van der Waals surface area contributed by atoms with Crippen molar-refractivity contribution in [2.24, 2.45) is 4.99 Å². The summed E-state index contributed by atoms with van der Waals surface area (Å²) in [4.78, 5) is 39.3. The van der Waals surface area contributed by atoms with Gasteiger partial charge in [0.15, 0.2) is 11.2 Å². The van der Waals surface area contributed by atoms with E-state index >= 15 is 0 Å². The monoisotopic (exact) mass is 355 g/mol. The Morgan fingerprint density at radius 2 is 2.08 bits per heavy atom. The first-order valence-electron chi connectivity index (χ1n) is 7.83. The van der Waals surface area contributed by atoms with Crippen LogP contribution in [0.25, 0.3) is 11.2 Å². The number of imidazole rings is 1. The van der Waals surface area contributed by atoms with Crippen molar-refractivity contribution >= 4 is 29.1 Å². The third kappa shape index (κ3) is 3.74. The largest absolute Gasteiger partial charge is 0.369 e. The quantitative estimate of drug-likeness (QED) is 0.309. The maximum absolute atomic E-state index is 12.1. The standard InChI is InChI=1S/C16H17N7O3/c1-21(2)9-18-16-19-14-13(15(24)20-16)17-10-22(14)8-7-11-3-5-12(6-4-11)23(25)26/h3-6,9-10H,7-8H2,1-2H3,(H,19,20,24)/b18-9+. The molecule has 0 aliphatic heterocycles. The van der Waals surface area contributed by atoms with Gasteiger partial charge in [-0.2, -0.15) is 4.98 Å². The lowest BCUT2D eigenvalue weighted by Gasteiger charge is -2.05. The van der Waals surface area contributed by atoms with E-state index < -0.39 is 4.92 Å². The molecule has 134 valence electrons. The van der Waals surface area contributed by atoms with E-state index in [2.05, 4.69) is 19.9 Å². The molecule has 0 atom stereocenters. The van der Waals surface area contributed by atoms with Crippen LogP contribution in [0.5, 0.6) is 0 Å². The number of aliphatic imine (C=N–C) groups is 1. The molecule has 26 heavy (non-hydrogen) atoms. The van der Waals surface area contributed by atoms with Gasteiger partial charge in [0.25, 0.3) is 11.2 Å². The Bertz CT molecular complexity index is 1020. The van der Waals surface area contributed by atoms with Crippen LogP contribution >= 0.6 is 0 Å². The molecule has 0 saturated heterocycles. The molecular formula is C16H17N7O3. The van der Waals surface area contributed by atoms with Crippen LogP contribution in [0.1, 0.15) is 5.56 Å². The van der Waals surface area contributed by atoms with Gasteiger partial charge in [-0.15, -0.1) is 0 Å². The third-order valence-corrected chi connectivity index (χ3v) is 3.66. The molecule has 10 nitrogen and oxygen atoms in total. The normalized spacial score (nSPS) is 11.3. The molecule has 0 bridgehead atoms. The Morgan fingerprint density at radius 1 is 1.35 bits per heavy atom. The second-order valence-electron chi connectivity index (χ2n) is 5.88. The Balaban J connectivity index is 1.83. The van der Waals surface area contributed by atoms with Crippen molar-refractivity contribution in [1.29, 1.82) is 0 Å². The van der Waals surface area contributed by atoms with Crippen molar-refractivity contribution in [3.63, 3.8) is 0 Å². The predicted molar refractivity (Wildman–Crippen MR) is 96.8 cm³/mol. The zero-order chi connectivity index (χ0) is 18.7. The molecule has 0 fully saturated rings. The second-order valence-corrected chi connectivity index (χ2v) is 5.88. The molecule has 0 spiro atoms. The molecule has 3 aromatic rings. The number of nitro groups is 1. The molecule has 0 aliphatic carbocycles. The summed E-state index contributed by atoms with van der Waals surface area (Å²) in [5.74, 6) is 0.202. The smallest absolute Gasteiger partial charge is 0.280 e. The van der Waals surface area contributed by atoms with Crippen molar-refractivity contribution in [3.05, 3.63) is 56.6 Å². The van der Waals surface area contributed by atoms with Gasteiger partial charge >= 0.3 is 0 Å². The van der Waals surface area contributed by atoms with E-state index in [1.54, 1.807) is 34.3 Å². The van der Waals surface area contributed by atoms with E-state index in [-0.39, 0.29) is 22.7 Å². The highest BCUT2D eigenvalue weighted by molar-refractivity contribution is 5.71. The van der Waals surface area contributed by atoms with Gasteiger partial charge in [-0.1, -0.05) is 12.1 Å². The molecular weight excluding hydrogens is 338 g/mol. The highest BCUT2D eigenvalue weighted by atomic mass is 16.6. The SMILES string of the molecule is CN(C)/C=N/c1nc2c(ncn2CCc2ccc([N+](=O)[O-])cc2)c(=O)[nH]1. The Kier molecular flexibility index (Phi) is 4.74. The van der Waals surface area contributed by atoms with E-state index in [0.717, 1.165) is 5.56 Å². The number of aromatic amines is 1. The van der Waals surface area contributed by atoms with Gasteiger partial charge < -0.3 is 9.47 Å². The average Bonchev–Trinajstić information content (AvgIpc) is 3.02. The minimum atomic E-state index is -0.431. The summed E-state index contributed by atoms with van der Waals surface area (Å²) >= 11 is 0. The highest BCUT2D eigenvalue weighted by Crippen LogP contribution is 2.14. The first-order chi connectivity index (χ1) is 12.4. The summed E-state index contributed by atoms with van der Waals surface area (Å²) in [6.45, 7) is 0.529. The molecule has 10 heteroatoms. The number of H-pyrrole nitrogens is 1. The van der Waals surface area contributed by atoms with Crippen molar-refractivity contribution in [2.75, 3.05) is 14.1 Å². The fraction of sp³-hybridized carbons (Fsp3) is 0.250. The number of nitrogens with one attached hydrogen (secondary N) is 1. The van der Waals surface area contributed by atoms with Gasteiger partial charge in [0.1, 0.15) is 0 Å². The Labute approximate surface area is 148 Å². The van der Waals surface area contributed by atoms with Crippen LogP contribution in [-0.2, 0) is 13.0 Å². The fourth-order valence-corrected chi connectivity index (χ4v) is 2.37. The van der Waals surface area contributed by atoms with E-state index in [1.807, 2.05) is 14.1 Å². The molecule has 2 aromatic heterocycles. The van der Waals surface area contributed by atoms with Crippen LogP contribution in [0.3, 0.4) is 0 Å². The van der Waals surface area contributed by atoms with Crippen molar-refractivity contribution in [2.45, 2.75) is 13.0 Å². The summed E-state index contributed by atoms with van der Waals surface area (Å²) in [5.41, 5.74) is 1.33. The van der Waals surface area contributed by atoms with Gasteiger partial charge in [-0.05, 0) is 12.0 Å². The lowest BCUT2D eigenvalue weighted by atomic mass is 10.1. The van der Waals surface area contributed by atoms with Gasteiger partial charge in [0.2, 0.25) is 5.95 Å². The number of rotatable bonds is 6. The van der Waals surface area contributed by atoms with E-state index in [4.69, 9.17) is 0 Å². The lowest BCUT2D eigenvalue weighted by molar-refractivity contribution is -0.384. The molecule has 0 amide bonds. The molecule has 1 aromatic carbocycles. The molecule has 0 saturated carbocycles. The number of fused-ring (bicyclic) bond motifs is 1. The first kappa shape index (κ1) is 17.3. The minimum Gasteiger partial charge on any atom is -0.369 e. The summed E-state index contributed by atoms with van der Waals surface area (Å²) in [7, 11) is 3.63. The number of hydrogen-bond acceptors (Lipinski definition) is 6. The first-order valence-corrected chi connectivity index (χ1v) is 7.83. The predicted octanol–water partition coefficient (Wildman–Crippen LogP) is 1.49. The number of nitro benzene ring substituents is 1. The highest BCUT2D eigenvalue weighted by Gasteiger charge is 2.10. The van der Waals surface area contributed by atoms with Crippen LogP contribution in [0.4, 0.5) is 11.6 Å². The van der Waals surface area contributed by atoms with Crippen LogP contribution in [0.15, 0.2) is 40.4 Å². The van der Waals surface area contributed by atoms with Crippen LogP contribution in [-0.4, -0.2) is 49.8 Å². The molecule has 0 aliphatic rings. The summed E-state index contributed by atoms with van der Waals surface area (Å²) in [5, 5.41) is 10.7. The van der Waals surface area contributed by atoms with Crippen molar-refractivity contribution in [3.8, 4) is 0 Å². The van der Waals surface area contributed by atoms with Crippen LogP contribution in [0.2, 0.25) is 0 Å². The Morgan fingerprint density at radius 3 is 2.73 bits per heavy atom. The molecule has 2 heterocycles. The molecule has 0 unspecified atom stereocenters. The van der Waals surface area contributed by atoms with E-state index in [1.165, 1.54) is 12.1 Å². The van der Waals surface area contributed by atoms with Crippen LogP contribution < -0.4 is 5.56 Å². The number of nitrogens with zero attached hydrogens (tertiary/aromatic N) is 6. The molecule has 0 radical (unpaired) electrons.